The van der Waals surface area contributed by atoms with Gasteiger partial charge in [-0.2, -0.15) is 0 Å². The molecule has 110 valence electrons. The molecule has 0 aliphatic rings. The summed E-state index contributed by atoms with van der Waals surface area (Å²) in [4.78, 5) is 25.0. The lowest BCUT2D eigenvalue weighted by Crippen LogP contribution is -2.36. The van der Waals surface area contributed by atoms with Gasteiger partial charge >= 0.3 is 6.09 Å². The van der Waals surface area contributed by atoms with Crippen LogP contribution >= 0.6 is 0 Å². The molecule has 0 radical (unpaired) electrons. The van der Waals surface area contributed by atoms with Gasteiger partial charge in [0, 0.05) is 25.3 Å². The zero-order valence-corrected chi connectivity index (χ0v) is 12.6. The Hall–Kier alpha value is -2.04. The lowest BCUT2D eigenvalue weighted by Gasteiger charge is -2.24. The number of para-hydroxylation sites is 1. The van der Waals surface area contributed by atoms with Crippen LogP contribution in [0.25, 0.3) is 0 Å². The molecule has 0 aromatic heterocycles. The number of alkyl carbamates (subject to hydrolysis) is 1. The molecule has 1 atom stereocenters. The molecule has 20 heavy (non-hydrogen) atoms. The van der Waals surface area contributed by atoms with Crippen molar-refractivity contribution in [3.8, 4) is 0 Å². The summed E-state index contributed by atoms with van der Waals surface area (Å²) in [6.07, 6.45) is 0.0925. The van der Waals surface area contributed by atoms with Crippen molar-refractivity contribution in [1.82, 2.24) is 5.32 Å². The van der Waals surface area contributed by atoms with Crippen LogP contribution < -0.4 is 10.2 Å². The third-order valence-electron chi connectivity index (χ3n) is 2.56. The Labute approximate surface area is 119 Å². The fraction of sp³-hybridized carbons (Fsp3) is 0.467. The molecule has 1 amide bonds. The van der Waals surface area contributed by atoms with Gasteiger partial charge in [0.1, 0.15) is 17.9 Å². The standard InChI is InChI=1S/C15H22N2O3/c1-15(2,3)20-14(19)16-12(10-18)11-8-6-7-9-13(11)17(4)5/h6-10,12H,1-5H3,(H,16,19). The van der Waals surface area contributed by atoms with E-state index in [4.69, 9.17) is 4.74 Å². The molecule has 1 unspecified atom stereocenters. The Morgan fingerprint density at radius 1 is 1.30 bits per heavy atom. The molecule has 1 rings (SSSR count). The van der Waals surface area contributed by atoms with Crippen LogP contribution in [0.3, 0.4) is 0 Å². The van der Waals surface area contributed by atoms with Crippen molar-refractivity contribution in [3.05, 3.63) is 29.8 Å². The molecule has 0 aliphatic heterocycles. The summed E-state index contributed by atoms with van der Waals surface area (Å²) in [5, 5.41) is 2.58. The maximum atomic E-state index is 11.8. The number of carbonyl (C=O) groups excluding carboxylic acids is 2. The summed E-state index contributed by atoms with van der Waals surface area (Å²) < 4.78 is 5.17. The van der Waals surface area contributed by atoms with Crippen molar-refractivity contribution < 1.29 is 14.3 Å². The second-order valence-corrected chi connectivity index (χ2v) is 5.71. The molecule has 5 heteroatoms. The minimum Gasteiger partial charge on any atom is -0.444 e. The van der Waals surface area contributed by atoms with Gasteiger partial charge in [-0.15, -0.1) is 0 Å². The first-order valence-electron chi connectivity index (χ1n) is 6.45. The van der Waals surface area contributed by atoms with Gasteiger partial charge in [-0.05, 0) is 26.8 Å². The van der Waals surface area contributed by atoms with Gasteiger partial charge in [-0.3, -0.25) is 0 Å². The number of nitrogens with zero attached hydrogens (tertiary/aromatic N) is 1. The number of anilines is 1. The summed E-state index contributed by atoms with van der Waals surface area (Å²) in [5.74, 6) is 0. The van der Waals surface area contributed by atoms with Crippen LogP contribution in [0.2, 0.25) is 0 Å². The van der Waals surface area contributed by atoms with Crippen LogP contribution in [0, 0.1) is 0 Å². The number of carbonyl (C=O) groups is 2. The molecular formula is C15H22N2O3. The monoisotopic (exact) mass is 278 g/mol. The van der Waals surface area contributed by atoms with E-state index >= 15 is 0 Å². The first kappa shape index (κ1) is 16.0. The zero-order valence-electron chi connectivity index (χ0n) is 12.6. The maximum absolute atomic E-state index is 11.8. The lowest BCUT2D eigenvalue weighted by atomic mass is 10.1. The van der Waals surface area contributed by atoms with E-state index in [1.807, 2.05) is 43.3 Å². The van der Waals surface area contributed by atoms with E-state index < -0.39 is 17.7 Å². The number of rotatable bonds is 4. The van der Waals surface area contributed by atoms with Crippen LogP contribution in [0.15, 0.2) is 24.3 Å². The highest BCUT2D eigenvalue weighted by Crippen LogP contribution is 2.24. The van der Waals surface area contributed by atoms with Crippen molar-refractivity contribution in [2.45, 2.75) is 32.4 Å². The van der Waals surface area contributed by atoms with Gasteiger partial charge in [-0.1, -0.05) is 18.2 Å². The Morgan fingerprint density at radius 3 is 2.40 bits per heavy atom. The van der Waals surface area contributed by atoms with E-state index in [-0.39, 0.29) is 0 Å². The van der Waals surface area contributed by atoms with Gasteiger partial charge in [0.15, 0.2) is 0 Å². The van der Waals surface area contributed by atoms with Gasteiger partial charge in [-0.25, -0.2) is 4.79 Å². The number of hydrogen-bond donors (Lipinski definition) is 1. The number of aldehydes is 1. The molecule has 1 aromatic carbocycles. The molecule has 0 bridgehead atoms. The molecule has 0 fully saturated rings. The van der Waals surface area contributed by atoms with Gasteiger partial charge in [0.25, 0.3) is 0 Å². The molecule has 0 aliphatic carbocycles. The predicted molar refractivity (Wildman–Crippen MR) is 78.9 cm³/mol. The van der Waals surface area contributed by atoms with E-state index in [0.29, 0.717) is 6.29 Å². The Balaban J connectivity index is 2.92. The summed E-state index contributed by atoms with van der Waals surface area (Å²) in [7, 11) is 3.77. The molecule has 0 saturated carbocycles. The fourth-order valence-electron chi connectivity index (χ4n) is 1.78. The van der Waals surface area contributed by atoms with Crippen molar-refractivity contribution in [3.63, 3.8) is 0 Å². The van der Waals surface area contributed by atoms with Crippen molar-refractivity contribution in [2.24, 2.45) is 0 Å². The van der Waals surface area contributed by atoms with Gasteiger partial charge in [0.2, 0.25) is 0 Å². The highest BCUT2D eigenvalue weighted by atomic mass is 16.6. The van der Waals surface area contributed by atoms with E-state index in [9.17, 15) is 9.59 Å². The summed E-state index contributed by atoms with van der Waals surface area (Å²) in [6, 6.07) is 6.68. The van der Waals surface area contributed by atoms with Crippen LogP contribution in [0.5, 0.6) is 0 Å². The molecule has 0 saturated heterocycles. The number of benzene rings is 1. The Morgan fingerprint density at radius 2 is 1.90 bits per heavy atom. The quantitative estimate of drug-likeness (QED) is 0.860. The second-order valence-electron chi connectivity index (χ2n) is 5.71. The average Bonchev–Trinajstić information content (AvgIpc) is 2.33. The molecule has 0 heterocycles. The minimum absolute atomic E-state index is 0.599. The summed E-state index contributed by atoms with van der Waals surface area (Å²) in [6.45, 7) is 5.32. The molecular weight excluding hydrogens is 256 g/mol. The van der Waals surface area contributed by atoms with E-state index in [1.54, 1.807) is 20.8 Å². The van der Waals surface area contributed by atoms with E-state index in [1.165, 1.54) is 0 Å². The third kappa shape index (κ3) is 4.57. The predicted octanol–water partition coefficient (Wildman–Crippen LogP) is 2.52. The van der Waals surface area contributed by atoms with Crippen LogP contribution in [0.1, 0.15) is 32.4 Å². The highest BCUT2D eigenvalue weighted by molar-refractivity contribution is 5.77. The molecule has 1 N–H and O–H groups in total. The minimum atomic E-state index is -0.733. The maximum Gasteiger partial charge on any atom is 0.408 e. The first-order valence-corrected chi connectivity index (χ1v) is 6.45. The van der Waals surface area contributed by atoms with Gasteiger partial charge in [0.05, 0.1) is 0 Å². The Bertz CT molecular complexity index is 478. The largest absolute Gasteiger partial charge is 0.444 e. The molecule has 1 aromatic rings. The third-order valence-corrected chi connectivity index (χ3v) is 2.56. The Kier molecular flexibility index (Phi) is 5.13. The van der Waals surface area contributed by atoms with Crippen molar-refractivity contribution in [1.29, 1.82) is 0 Å². The highest BCUT2D eigenvalue weighted by Gasteiger charge is 2.22. The van der Waals surface area contributed by atoms with Crippen molar-refractivity contribution >= 4 is 18.1 Å². The normalized spacial score (nSPS) is 12.4. The zero-order chi connectivity index (χ0) is 15.3. The van der Waals surface area contributed by atoms with Crippen LogP contribution in [-0.4, -0.2) is 32.1 Å². The SMILES string of the molecule is CN(C)c1ccccc1C(C=O)NC(=O)OC(C)(C)C. The number of nitrogens with one attached hydrogen (secondary N) is 1. The smallest absolute Gasteiger partial charge is 0.408 e. The van der Waals surface area contributed by atoms with E-state index in [0.717, 1.165) is 11.3 Å². The summed E-state index contributed by atoms with van der Waals surface area (Å²) in [5.41, 5.74) is 1.01. The fourth-order valence-corrected chi connectivity index (χ4v) is 1.78. The van der Waals surface area contributed by atoms with E-state index in [2.05, 4.69) is 5.32 Å². The second kappa shape index (κ2) is 6.41. The molecule has 5 nitrogen and oxygen atoms in total. The van der Waals surface area contributed by atoms with Gasteiger partial charge < -0.3 is 19.7 Å². The first-order chi connectivity index (χ1) is 9.24. The number of amides is 1. The van der Waals surface area contributed by atoms with Crippen LogP contribution in [0.4, 0.5) is 10.5 Å². The average molecular weight is 278 g/mol. The van der Waals surface area contributed by atoms with Crippen LogP contribution in [-0.2, 0) is 9.53 Å². The number of ether oxygens (including phenoxy) is 1. The van der Waals surface area contributed by atoms with Crippen molar-refractivity contribution in [2.75, 3.05) is 19.0 Å². The topological polar surface area (TPSA) is 58.6 Å². The summed E-state index contributed by atoms with van der Waals surface area (Å²) >= 11 is 0. The lowest BCUT2D eigenvalue weighted by molar-refractivity contribution is -0.109. The molecule has 0 spiro atoms. The number of hydrogen-bond acceptors (Lipinski definition) is 4.